The molecule has 0 atom stereocenters. The van der Waals surface area contributed by atoms with Crippen LogP contribution in [0.4, 0.5) is 0 Å². The number of hydrogen-bond donors (Lipinski definition) is 2. The van der Waals surface area contributed by atoms with Crippen LogP contribution >= 0.6 is 7.60 Å². The molecule has 1 rings (SSSR count). The molecule has 5 heteroatoms. The second-order valence-electron chi connectivity index (χ2n) is 3.07. The minimum atomic E-state index is -4.45. The van der Waals surface area contributed by atoms with Crippen molar-refractivity contribution in [2.45, 2.75) is 6.92 Å². The zero-order valence-electron chi connectivity index (χ0n) is 8.08. The van der Waals surface area contributed by atoms with Crippen molar-refractivity contribution >= 4 is 13.7 Å². The van der Waals surface area contributed by atoms with Gasteiger partial charge in [-0.25, -0.2) is 4.85 Å². The molecule has 1 aromatic carbocycles. The van der Waals surface area contributed by atoms with Gasteiger partial charge < -0.3 is 9.79 Å². The maximum absolute atomic E-state index is 10.8. The van der Waals surface area contributed by atoms with Gasteiger partial charge in [-0.15, -0.1) is 0 Å². The Morgan fingerprint density at radius 2 is 1.93 bits per heavy atom. The molecule has 0 bridgehead atoms. The van der Waals surface area contributed by atoms with E-state index in [1.807, 2.05) is 19.1 Å². The Hall–Kier alpha value is -1.40. The molecule has 0 radical (unpaired) electrons. The molecular weight excluding hydrogens is 213 g/mol. The number of nitrogens with zero attached hydrogens (tertiary/aromatic N) is 1. The van der Waals surface area contributed by atoms with Gasteiger partial charge in [-0.3, -0.25) is 4.57 Å². The summed E-state index contributed by atoms with van der Waals surface area (Å²) < 4.78 is 10.8. The van der Waals surface area contributed by atoms with Crippen LogP contribution in [-0.2, 0) is 4.57 Å². The Balaban J connectivity index is 3.11. The fourth-order valence-electron chi connectivity index (χ4n) is 0.993. The molecule has 4 nitrogen and oxygen atoms in total. The van der Waals surface area contributed by atoms with Crippen molar-refractivity contribution in [1.82, 2.24) is 0 Å². The van der Waals surface area contributed by atoms with Gasteiger partial charge >= 0.3 is 7.60 Å². The van der Waals surface area contributed by atoms with E-state index in [9.17, 15) is 4.57 Å². The summed E-state index contributed by atoms with van der Waals surface area (Å²) in [5.74, 6) is 0. The van der Waals surface area contributed by atoms with E-state index in [4.69, 9.17) is 16.4 Å². The van der Waals surface area contributed by atoms with Gasteiger partial charge in [0.05, 0.1) is 6.57 Å². The zero-order chi connectivity index (χ0) is 11.5. The third-order valence-electron chi connectivity index (χ3n) is 1.79. The molecular formula is C10H10NO3P. The van der Waals surface area contributed by atoms with Crippen LogP contribution in [-0.4, -0.2) is 9.79 Å². The lowest BCUT2D eigenvalue weighted by Gasteiger charge is -2.01. The van der Waals surface area contributed by atoms with Gasteiger partial charge in [0, 0.05) is 0 Å². The second kappa shape index (κ2) is 4.41. The lowest BCUT2D eigenvalue weighted by molar-refractivity contribution is 0.383. The van der Waals surface area contributed by atoms with E-state index in [1.165, 1.54) is 6.08 Å². The van der Waals surface area contributed by atoms with Gasteiger partial charge in [-0.05, 0) is 18.6 Å². The Kier molecular flexibility index (Phi) is 3.43. The average Bonchev–Trinajstić information content (AvgIpc) is 2.15. The first-order valence-corrected chi connectivity index (χ1v) is 5.76. The molecule has 0 aliphatic heterocycles. The van der Waals surface area contributed by atoms with Crippen LogP contribution in [0.3, 0.4) is 0 Å². The number of aryl methyl sites for hydroxylation is 1. The maximum Gasteiger partial charge on any atom is 0.358 e. The molecule has 0 saturated heterocycles. The number of rotatable bonds is 2. The lowest BCUT2D eigenvalue weighted by atomic mass is 10.1. The molecule has 0 unspecified atom stereocenters. The summed E-state index contributed by atoms with van der Waals surface area (Å²) in [5.41, 5.74) is 1.12. The molecule has 15 heavy (non-hydrogen) atoms. The van der Waals surface area contributed by atoms with E-state index in [-0.39, 0.29) is 0 Å². The molecule has 0 aromatic heterocycles. The summed E-state index contributed by atoms with van der Waals surface area (Å²) in [4.78, 5) is 20.5. The van der Waals surface area contributed by atoms with Gasteiger partial charge in [-0.2, -0.15) is 0 Å². The number of hydrogen-bond acceptors (Lipinski definition) is 1. The van der Waals surface area contributed by atoms with E-state index in [0.29, 0.717) is 5.56 Å². The first-order chi connectivity index (χ1) is 6.93. The SMILES string of the molecule is [C-]#[N+]/C(=C\c1ccc(C)cc1)P(=O)(O)O. The highest BCUT2D eigenvalue weighted by atomic mass is 31.2. The van der Waals surface area contributed by atoms with Crippen LogP contribution in [0.5, 0.6) is 0 Å². The highest BCUT2D eigenvalue weighted by molar-refractivity contribution is 7.56. The fraction of sp³-hybridized carbons (Fsp3) is 0.100. The minimum absolute atomic E-state index is 0.536. The molecule has 0 fully saturated rings. The van der Waals surface area contributed by atoms with Crippen LogP contribution in [0.2, 0.25) is 0 Å². The van der Waals surface area contributed by atoms with Crippen molar-refractivity contribution in [1.29, 1.82) is 0 Å². The van der Waals surface area contributed by atoms with Crippen molar-refractivity contribution in [3.05, 3.63) is 52.2 Å². The van der Waals surface area contributed by atoms with Crippen LogP contribution in [0.25, 0.3) is 10.9 Å². The van der Waals surface area contributed by atoms with Gasteiger partial charge in [-0.1, -0.05) is 29.8 Å². The quantitative estimate of drug-likeness (QED) is 0.597. The average molecular weight is 223 g/mol. The van der Waals surface area contributed by atoms with Crippen LogP contribution in [0.1, 0.15) is 11.1 Å². The summed E-state index contributed by atoms with van der Waals surface area (Å²) in [5, 5.41) is 0. The van der Waals surface area contributed by atoms with Crippen LogP contribution < -0.4 is 0 Å². The number of benzene rings is 1. The molecule has 0 amide bonds. The Bertz CT molecular complexity index is 464. The molecule has 0 saturated carbocycles. The van der Waals surface area contributed by atoms with Crippen LogP contribution in [0.15, 0.2) is 29.7 Å². The predicted molar refractivity (Wildman–Crippen MR) is 57.8 cm³/mol. The molecule has 0 heterocycles. The van der Waals surface area contributed by atoms with Crippen molar-refractivity contribution in [3.8, 4) is 0 Å². The molecule has 0 spiro atoms. The first kappa shape index (κ1) is 11.7. The summed E-state index contributed by atoms with van der Waals surface area (Å²) in [6.07, 6.45) is 1.20. The third kappa shape index (κ3) is 3.34. The Morgan fingerprint density at radius 1 is 1.40 bits per heavy atom. The molecule has 1 aromatic rings. The van der Waals surface area contributed by atoms with Crippen LogP contribution in [0, 0.1) is 13.5 Å². The summed E-state index contributed by atoms with van der Waals surface area (Å²) in [7, 11) is -4.45. The summed E-state index contributed by atoms with van der Waals surface area (Å²) in [6.45, 7) is 8.58. The van der Waals surface area contributed by atoms with Crippen molar-refractivity contribution < 1.29 is 14.4 Å². The van der Waals surface area contributed by atoms with Crippen molar-refractivity contribution in [2.75, 3.05) is 0 Å². The molecule has 0 aliphatic carbocycles. The second-order valence-corrected chi connectivity index (χ2v) is 4.62. The van der Waals surface area contributed by atoms with Gasteiger partial charge in [0.15, 0.2) is 0 Å². The van der Waals surface area contributed by atoms with E-state index < -0.39 is 13.0 Å². The van der Waals surface area contributed by atoms with E-state index >= 15 is 0 Å². The standard InChI is InChI=1S/C10H10NO3P/c1-8-3-5-9(6-4-8)7-10(11-2)15(12,13)14/h3-7H,1H3,(H2,12,13,14)/b10-7+. The maximum atomic E-state index is 10.8. The van der Waals surface area contributed by atoms with Gasteiger partial charge in [0.25, 0.3) is 5.44 Å². The third-order valence-corrected chi connectivity index (χ3v) is 2.61. The largest absolute Gasteiger partial charge is 0.358 e. The predicted octanol–water partition coefficient (Wildman–Crippen LogP) is 2.39. The van der Waals surface area contributed by atoms with E-state index in [1.54, 1.807) is 12.1 Å². The van der Waals surface area contributed by atoms with E-state index in [0.717, 1.165) is 5.56 Å². The topological polar surface area (TPSA) is 61.9 Å². The van der Waals surface area contributed by atoms with Crippen molar-refractivity contribution in [3.63, 3.8) is 0 Å². The van der Waals surface area contributed by atoms with E-state index in [2.05, 4.69) is 4.85 Å². The highest BCUT2D eigenvalue weighted by Gasteiger charge is 2.21. The zero-order valence-corrected chi connectivity index (χ0v) is 8.98. The molecule has 0 aliphatic rings. The van der Waals surface area contributed by atoms with Crippen molar-refractivity contribution in [2.24, 2.45) is 0 Å². The molecule has 2 N–H and O–H groups in total. The molecule has 78 valence electrons. The fourth-order valence-corrected chi connectivity index (χ4v) is 1.44. The highest BCUT2D eigenvalue weighted by Crippen LogP contribution is 2.46. The Labute approximate surface area is 87.9 Å². The Morgan fingerprint density at radius 3 is 2.33 bits per heavy atom. The monoisotopic (exact) mass is 223 g/mol. The summed E-state index contributed by atoms with van der Waals surface area (Å²) in [6, 6.07) is 7.03. The smallest absolute Gasteiger partial charge is 0.329 e. The van der Waals surface area contributed by atoms with Gasteiger partial charge in [0.2, 0.25) is 0 Å². The van der Waals surface area contributed by atoms with Gasteiger partial charge in [0.1, 0.15) is 0 Å². The minimum Gasteiger partial charge on any atom is -0.329 e. The lowest BCUT2D eigenvalue weighted by Crippen LogP contribution is -1.81. The normalized spacial score (nSPS) is 12.3. The summed E-state index contributed by atoms with van der Waals surface area (Å²) >= 11 is 0. The first-order valence-electron chi connectivity index (χ1n) is 4.15.